The fraction of sp³-hybridized carbons (Fsp3) is 0.857. The van der Waals surface area contributed by atoms with Crippen LogP contribution in [-0.4, -0.2) is 62.3 Å². The third-order valence-electron chi connectivity index (χ3n) is 8.75. The summed E-state index contributed by atoms with van der Waals surface area (Å²) in [4.78, 5) is 13.6. The molecule has 1 saturated heterocycles. The van der Waals surface area contributed by atoms with Crippen molar-refractivity contribution in [2.24, 2.45) is 22.7 Å². The standard InChI is InChI=1S/C21H32O6/c1-10-12(22)8-21(26)11(2)16-19(5,7-6-13-20(16,25)9-27-13)17(24)15(23)14(10)18(21,3)4/h11-13,15-16,22-23,25-26H,6-9H2,1-5H3/t11-,12?,13?,15?,16?,19+,20?,21?/m0/s1. The summed E-state index contributed by atoms with van der Waals surface area (Å²) >= 11 is 0. The highest BCUT2D eigenvalue weighted by Gasteiger charge is 2.71. The van der Waals surface area contributed by atoms with Crippen molar-refractivity contribution < 1.29 is 30.0 Å². The number of carbonyl (C=O) groups is 1. The van der Waals surface area contributed by atoms with Crippen molar-refractivity contribution in [1.29, 1.82) is 0 Å². The number of rotatable bonds is 0. The van der Waals surface area contributed by atoms with Gasteiger partial charge in [0.15, 0.2) is 5.78 Å². The Hall–Kier alpha value is -0.790. The fourth-order valence-electron chi connectivity index (χ4n) is 7.03. The number of carbonyl (C=O) groups excluding carboxylic acids is 1. The summed E-state index contributed by atoms with van der Waals surface area (Å²) in [5.41, 5.74) is -3.46. The molecule has 0 aromatic carbocycles. The van der Waals surface area contributed by atoms with Gasteiger partial charge in [-0.2, -0.15) is 0 Å². The number of fused-ring (bicyclic) bond motifs is 5. The molecule has 0 radical (unpaired) electrons. The normalized spacial score (nSPS) is 54.4. The lowest BCUT2D eigenvalue weighted by Gasteiger charge is -2.66. The molecule has 1 heterocycles. The van der Waals surface area contributed by atoms with Crippen LogP contribution in [0.2, 0.25) is 0 Å². The van der Waals surface area contributed by atoms with Gasteiger partial charge in [0.25, 0.3) is 0 Å². The molecule has 8 atom stereocenters. The molecule has 0 aromatic rings. The van der Waals surface area contributed by atoms with E-state index in [0.29, 0.717) is 24.0 Å². The summed E-state index contributed by atoms with van der Waals surface area (Å²) < 4.78 is 5.58. The van der Waals surface area contributed by atoms with E-state index in [-0.39, 0.29) is 24.9 Å². The minimum atomic E-state index is -1.40. The van der Waals surface area contributed by atoms with Crippen molar-refractivity contribution in [3.05, 3.63) is 11.1 Å². The Bertz CT molecular complexity index is 728. The van der Waals surface area contributed by atoms with E-state index in [1.54, 1.807) is 6.92 Å². The molecule has 3 aliphatic carbocycles. The van der Waals surface area contributed by atoms with Gasteiger partial charge in [0, 0.05) is 23.2 Å². The predicted molar refractivity (Wildman–Crippen MR) is 97.8 cm³/mol. The zero-order valence-electron chi connectivity index (χ0n) is 16.8. The van der Waals surface area contributed by atoms with E-state index in [1.807, 2.05) is 27.7 Å². The Labute approximate surface area is 160 Å². The number of hydrogen-bond acceptors (Lipinski definition) is 6. The fourth-order valence-corrected chi connectivity index (χ4v) is 7.03. The first-order valence-corrected chi connectivity index (χ1v) is 10.0. The average molecular weight is 380 g/mol. The molecule has 6 unspecified atom stereocenters. The SMILES string of the molecule is CC1=C2C(O)C(=O)[C@]3(C)CCC4OCC4(O)C3[C@H](C)C(O)(CC1O)C2(C)C. The molecule has 4 aliphatic rings. The summed E-state index contributed by atoms with van der Waals surface area (Å²) in [6, 6.07) is 0. The minimum Gasteiger partial charge on any atom is -0.389 e. The van der Waals surface area contributed by atoms with E-state index in [9.17, 15) is 25.2 Å². The first-order chi connectivity index (χ1) is 12.3. The smallest absolute Gasteiger partial charge is 0.171 e. The summed E-state index contributed by atoms with van der Waals surface area (Å²) in [5, 5.41) is 45.1. The topological polar surface area (TPSA) is 107 Å². The van der Waals surface area contributed by atoms with Gasteiger partial charge in [0.05, 0.1) is 24.4 Å². The van der Waals surface area contributed by atoms with Gasteiger partial charge in [0.2, 0.25) is 0 Å². The lowest BCUT2D eigenvalue weighted by Crippen LogP contribution is -2.76. The van der Waals surface area contributed by atoms with Crippen molar-refractivity contribution in [3.8, 4) is 0 Å². The maximum absolute atomic E-state index is 13.6. The molecular weight excluding hydrogens is 348 g/mol. The minimum absolute atomic E-state index is 0.117. The van der Waals surface area contributed by atoms with E-state index in [2.05, 4.69) is 0 Å². The quantitative estimate of drug-likeness (QED) is 0.466. The molecule has 3 fully saturated rings. The van der Waals surface area contributed by atoms with Crippen LogP contribution in [0.5, 0.6) is 0 Å². The Kier molecular flexibility index (Phi) is 3.92. The molecule has 2 saturated carbocycles. The van der Waals surface area contributed by atoms with Crippen LogP contribution in [0.25, 0.3) is 0 Å². The van der Waals surface area contributed by atoms with Crippen LogP contribution in [0.15, 0.2) is 11.1 Å². The molecule has 0 amide bonds. The summed E-state index contributed by atoms with van der Waals surface area (Å²) in [6.45, 7) is 9.21. The largest absolute Gasteiger partial charge is 0.389 e. The van der Waals surface area contributed by atoms with Gasteiger partial charge >= 0.3 is 0 Å². The van der Waals surface area contributed by atoms with Crippen LogP contribution in [0.4, 0.5) is 0 Å². The van der Waals surface area contributed by atoms with Crippen molar-refractivity contribution in [2.75, 3.05) is 6.61 Å². The molecule has 1 aliphatic heterocycles. The molecular formula is C21H32O6. The van der Waals surface area contributed by atoms with Crippen LogP contribution >= 0.6 is 0 Å². The van der Waals surface area contributed by atoms with Crippen molar-refractivity contribution in [3.63, 3.8) is 0 Å². The molecule has 2 bridgehead atoms. The molecule has 4 rings (SSSR count). The number of Topliss-reactive ketones (excluding diaryl/α,β-unsaturated/α-hetero) is 1. The summed E-state index contributed by atoms with van der Waals surface area (Å²) in [7, 11) is 0. The van der Waals surface area contributed by atoms with Gasteiger partial charge in [-0.15, -0.1) is 0 Å². The highest BCUT2D eigenvalue weighted by Crippen LogP contribution is 2.64. The Morgan fingerprint density at radius 3 is 2.33 bits per heavy atom. The molecule has 4 N–H and O–H groups in total. The van der Waals surface area contributed by atoms with Gasteiger partial charge < -0.3 is 25.2 Å². The van der Waals surface area contributed by atoms with E-state index >= 15 is 0 Å². The molecule has 152 valence electrons. The number of aliphatic hydroxyl groups is 4. The first kappa shape index (κ1) is 19.5. The second kappa shape index (κ2) is 5.42. The Morgan fingerprint density at radius 2 is 1.78 bits per heavy atom. The lowest BCUT2D eigenvalue weighted by atomic mass is 9.43. The summed E-state index contributed by atoms with van der Waals surface area (Å²) in [5.74, 6) is -1.35. The molecule has 27 heavy (non-hydrogen) atoms. The number of aliphatic hydroxyl groups excluding tert-OH is 2. The molecule has 6 heteroatoms. The zero-order chi connectivity index (χ0) is 20.2. The van der Waals surface area contributed by atoms with Gasteiger partial charge in [-0.25, -0.2) is 0 Å². The first-order valence-electron chi connectivity index (χ1n) is 10.0. The van der Waals surface area contributed by atoms with Crippen LogP contribution < -0.4 is 0 Å². The van der Waals surface area contributed by atoms with E-state index < -0.39 is 46.1 Å². The molecule has 0 aromatic heterocycles. The van der Waals surface area contributed by atoms with Gasteiger partial charge in [-0.3, -0.25) is 4.79 Å². The van der Waals surface area contributed by atoms with Crippen molar-refractivity contribution >= 4 is 5.78 Å². The van der Waals surface area contributed by atoms with Gasteiger partial charge in [-0.1, -0.05) is 27.7 Å². The Balaban J connectivity index is 1.98. The van der Waals surface area contributed by atoms with E-state index in [4.69, 9.17) is 4.74 Å². The highest BCUT2D eigenvalue weighted by atomic mass is 16.6. The van der Waals surface area contributed by atoms with Crippen molar-refractivity contribution in [2.45, 2.75) is 83.4 Å². The van der Waals surface area contributed by atoms with Crippen molar-refractivity contribution in [1.82, 2.24) is 0 Å². The van der Waals surface area contributed by atoms with Crippen LogP contribution in [0.3, 0.4) is 0 Å². The monoisotopic (exact) mass is 380 g/mol. The number of ketones is 1. The van der Waals surface area contributed by atoms with E-state index in [1.165, 1.54) is 0 Å². The third kappa shape index (κ3) is 2.06. The highest BCUT2D eigenvalue weighted by molar-refractivity contribution is 5.92. The Morgan fingerprint density at radius 1 is 1.15 bits per heavy atom. The lowest BCUT2D eigenvalue weighted by molar-refractivity contribution is -0.320. The maximum Gasteiger partial charge on any atom is 0.171 e. The average Bonchev–Trinajstić information content (AvgIpc) is 2.56. The van der Waals surface area contributed by atoms with Gasteiger partial charge in [-0.05, 0) is 36.8 Å². The maximum atomic E-state index is 13.6. The molecule has 6 nitrogen and oxygen atoms in total. The van der Waals surface area contributed by atoms with Crippen LogP contribution in [0.1, 0.15) is 53.9 Å². The van der Waals surface area contributed by atoms with Crippen LogP contribution in [-0.2, 0) is 9.53 Å². The zero-order valence-corrected chi connectivity index (χ0v) is 16.8. The van der Waals surface area contributed by atoms with E-state index in [0.717, 1.165) is 0 Å². The predicted octanol–water partition coefficient (Wildman–Crippen LogP) is 0.951. The van der Waals surface area contributed by atoms with Gasteiger partial charge in [0.1, 0.15) is 11.7 Å². The third-order valence-corrected chi connectivity index (χ3v) is 8.75. The second-order valence-corrected chi connectivity index (χ2v) is 10.1. The molecule has 0 spiro atoms. The van der Waals surface area contributed by atoms with Crippen LogP contribution in [0, 0.1) is 22.7 Å². The summed E-state index contributed by atoms with van der Waals surface area (Å²) in [6.07, 6.45) is -1.51. The number of ether oxygens (including phenoxy) is 1. The number of hydrogen-bond donors (Lipinski definition) is 4. The second-order valence-electron chi connectivity index (χ2n) is 10.1.